The lowest BCUT2D eigenvalue weighted by Crippen LogP contribution is -2.08. The third-order valence-corrected chi connectivity index (χ3v) is 4.72. The summed E-state index contributed by atoms with van der Waals surface area (Å²) in [4.78, 5) is 9.39. The molecule has 0 saturated carbocycles. The fourth-order valence-electron chi connectivity index (χ4n) is 2.04. The van der Waals surface area contributed by atoms with Crippen molar-refractivity contribution in [2.24, 2.45) is 0 Å². The van der Waals surface area contributed by atoms with E-state index >= 15 is 0 Å². The normalized spacial score (nSPS) is 10.7. The zero-order chi connectivity index (χ0) is 15.4. The summed E-state index contributed by atoms with van der Waals surface area (Å²) in [7, 11) is 0. The number of rotatable bonds is 5. The predicted molar refractivity (Wildman–Crippen MR) is 98.1 cm³/mol. The van der Waals surface area contributed by atoms with Crippen LogP contribution in [-0.4, -0.2) is 16.5 Å². The summed E-state index contributed by atoms with van der Waals surface area (Å²) in [5.41, 5.74) is 3.11. The van der Waals surface area contributed by atoms with E-state index in [4.69, 9.17) is 16.6 Å². The van der Waals surface area contributed by atoms with Crippen LogP contribution < -0.4 is 5.32 Å². The molecule has 0 aliphatic rings. The van der Waals surface area contributed by atoms with Gasteiger partial charge in [0.15, 0.2) is 5.82 Å². The van der Waals surface area contributed by atoms with Crippen molar-refractivity contribution in [2.45, 2.75) is 33.6 Å². The van der Waals surface area contributed by atoms with Crippen LogP contribution in [0.4, 0.5) is 5.82 Å². The van der Waals surface area contributed by atoms with E-state index in [1.54, 1.807) is 0 Å². The minimum atomic E-state index is 0.733. The van der Waals surface area contributed by atoms with E-state index in [2.05, 4.69) is 46.7 Å². The molecular weight excluding hydrogens is 397 g/mol. The summed E-state index contributed by atoms with van der Waals surface area (Å²) in [6.45, 7) is 7.06. The standard InChI is InChI=1S/C16H19ClIN3/c1-4-6-13-14(18)16(19-5-2)21-15(20-13)11-8-7-10(3)12(17)9-11/h7-9H,4-6H2,1-3H3,(H,19,20,21). The third-order valence-electron chi connectivity index (χ3n) is 3.18. The highest BCUT2D eigenvalue weighted by atomic mass is 127. The van der Waals surface area contributed by atoms with Crippen LogP contribution in [-0.2, 0) is 6.42 Å². The maximum absolute atomic E-state index is 6.22. The van der Waals surface area contributed by atoms with E-state index in [-0.39, 0.29) is 0 Å². The number of anilines is 1. The van der Waals surface area contributed by atoms with Gasteiger partial charge in [-0.15, -0.1) is 0 Å². The molecule has 21 heavy (non-hydrogen) atoms. The van der Waals surface area contributed by atoms with Gasteiger partial charge in [-0.3, -0.25) is 0 Å². The summed E-state index contributed by atoms with van der Waals surface area (Å²) in [6, 6.07) is 5.96. The zero-order valence-corrected chi connectivity index (χ0v) is 15.4. The Kier molecular flexibility index (Phi) is 5.81. The first-order chi connectivity index (χ1) is 10.1. The molecule has 0 atom stereocenters. The lowest BCUT2D eigenvalue weighted by atomic mass is 10.1. The Bertz CT molecular complexity index is 616. The number of aryl methyl sites for hydroxylation is 2. The molecule has 1 aromatic carbocycles. The number of nitrogens with zero attached hydrogens (tertiary/aromatic N) is 2. The number of hydrogen-bond donors (Lipinski definition) is 1. The average molecular weight is 416 g/mol. The van der Waals surface area contributed by atoms with Crippen LogP contribution in [0.1, 0.15) is 31.5 Å². The van der Waals surface area contributed by atoms with Crippen LogP contribution in [0, 0.1) is 10.5 Å². The van der Waals surface area contributed by atoms with E-state index in [9.17, 15) is 0 Å². The Balaban J connectivity index is 2.53. The van der Waals surface area contributed by atoms with Crippen molar-refractivity contribution in [3.05, 3.63) is 38.0 Å². The van der Waals surface area contributed by atoms with Gasteiger partial charge in [-0.2, -0.15) is 0 Å². The lowest BCUT2D eigenvalue weighted by molar-refractivity contribution is 0.867. The molecule has 1 heterocycles. The highest BCUT2D eigenvalue weighted by Crippen LogP contribution is 2.27. The molecule has 0 aliphatic heterocycles. The molecule has 2 rings (SSSR count). The number of halogens is 2. The second-order valence-corrected chi connectivity index (χ2v) is 6.39. The van der Waals surface area contributed by atoms with E-state index in [1.165, 1.54) is 0 Å². The zero-order valence-electron chi connectivity index (χ0n) is 12.5. The number of hydrogen-bond acceptors (Lipinski definition) is 3. The molecule has 112 valence electrons. The Morgan fingerprint density at radius 3 is 2.62 bits per heavy atom. The Hall–Kier alpha value is -0.880. The summed E-state index contributed by atoms with van der Waals surface area (Å²) in [5, 5.41) is 4.07. The van der Waals surface area contributed by atoms with Crippen LogP contribution in [0.25, 0.3) is 11.4 Å². The maximum atomic E-state index is 6.22. The molecule has 0 aliphatic carbocycles. The van der Waals surface area contributed by atoms with Crippen molar-refractivity contribution >= 4 is 40.0 Å². The molecule has 1 N–H and O–H groups in total. The van der Waals surface area contributed by atoms with Gasteiger partial charge in [-0.25, -0.2) is 9.97 Å². The van der Waals surface area contributed by atoms with E-state index in [1.807, 2.05) is 25.1 Å². The number of benzene rings is 1. The largest absolute Gasteiger partial charge is 0.369 e. The van der Waals surface area contributed by atoms with Gasteiger partial charge in [0.2, 0.25) is 0 Å². The van der Waals surface area contributed by atoms with Gasteiger partial charge in [-0.05, 0) is 54.5 Å². The van der Waals surface area contributed by atoms with E-state index in [0.29, 0.717) is 0 Å². The van der Waals surface area contributed by atoms with Crippen molar-refractivity contribution in [3.63, 3.8) is 0 Å². The number of aromatic nitrogens is 2. The minimum Gasteiger partial charge on any atom is -0.369 e. The average Bonchev–Trinajstić information content (AvgIpc) is 2.46. The van der Waals surface area contributed by atoms with Crippen molar-refractivity contribution in [3.8, 4) is 11.4 Å². The fourth-order valence-corrected chi connectivity index (χ4v) is 2.92. The van der Waals surface area contributed by atoms with Gasteiger partial charge in [0, 0.05) is 17.1 Å². The molecule has 2 aromatic rings. The van der Waals surface area contributed by atoms with Gasteiger partial charge in [0.25, 0.3) is 0 Å². The van der Waals surface area contributed by atoms with Gasteiger partial charge >= 0.3 is 0 Å². The van der Waals surface area contributed by atoms with Crippen LogP contribution in [0.2, 0.25) is 5.02 Å². The quantitative estimate of drug-likeness (QED) is 0.691. The molecule has 0 fully saturated rings. The van der Waals surface area contributed by atoms with E-state index in [0.717, 1.165) is 56.4 Å². The van der Waals surface area contributed by atoms with Crippen LogP contribution >= 0.6 is 34.2 Å². The topological polar surface area (TPSA) is 37.8 Å². The van der Waals surface area contributed by atoms with Crippen LogP contribution in [0.3, 0.4) is 0 Å². The van der Waals surface area contributed by atoms with Crippen LogP contribution in [0.5, 0.6) is 0 Å². The summed E-state index contributed by atoms with van der Waals surface area (Å²) in [6.07, 6.45) is 2.01. The summed E-state index contributed by atoms with van der Waals surface area (Å²) < 4.78 is 1.11. The molecule has 3 nitrogen and oxygen atoms in total. The molecule has 1 aromatic heterocycles. The third kappa shape index (κ3) is 3.86. The highest BCUT2D eigenvalue weighted by molar-refractivity contribution is 14.1. The Labute approximate surface area is 144 Å². The fraction of sp³-hybridized carbons (Fsp3) is 0.375. The molecule has 0 amide bonds. The summed E-state index contributed by atoms with van der Waals surface area (Å²) >= 11 is 8.55. The van der Waals surface area contributed by atoms with Crippen LogP contribution in [0.15, 0.2) is 18.2 Å². The smallest absolute Gasteiger partial charge is 0.161 e. The molecule has 5 heteroatoms. The molecule has 0 saturated heterocycles. The maximum Gasteiger partial charge on any atom is 0.161 e. The number of nitrogens with one attached hydrogen (secondary N) is 1. The first kappa shape index (κ1) is 16.5. The molecule has 0 unspecified atom stereocenters. The van der Waals surface area contributed by atoms with Crippen molar-refractivity contribution < 1.29 is 0 Å². The van der Waals surface area contributed by atoms with Gasteiger partial charge < -0.3 is 5.32 Å². The minimum absolute atomic E-state index is 0.733. The van der Waals surface area contributed by atoms with Gasteiger partial charge in [0.1, 0.15) is 5.82 Å². The van der Waals surface area contributed by atoms with Crippen molar-refractivity contribution in [1.82, 2.24) is 9.97 Å². The Morgan fingerprint density at radius 2 is 2.00 bits per heavy atom. The summed E-state index contributed by atoms with van der Waals surface area (Å²) in [5.74, 6) is 1.64. The van der Waals surface area contributed by atoms with Gasteiger partial charge in [-0.1, -0.05) is 37.1 Å². The van der Waals surface area contributed by atoms with Gasteiger partial charge in [0.05, 0.1) is 9.26 Å². The Morgan fingerprint density at radius 1 is 1.24 bits per heavy atom. The predicted octanol–water partition coefficient (Wildman–Crippen LogP) is 5.09. The monoisotopic (exact) mass is 415 g/mol. The first-order valence-electron chi connectivity index (χ1n) is 7.13. The molecular formula is C16H19ClIN3. The second-order valence-electron chi connectivity index (χ2n) is 4.90. The molecule has 0 spiro atoms. The SMILES string of the molecule is CCCc1nc(-c2ccc(C)c(Cl)c2)nc(NCC)c1I. The lowest BCUT2D eigenvalue weighted by Gasteiger charge is -2.12. The van der Waals surface area contributed by atoms with Crippen molar-refractivity contribution in [1.29, 1.82) is 0 Å². The molecule has 0 bridgehead atoms. The first-order valence-corrected chi connectivity index (χ1v) is 8.59. The van der Waals surface area contributed by atoms with Crippen molar-refractivity contribution in [2.75, 3.05) is 11.9 Å². The second kappa shape index (κ2) is 7.40. The highest BCUT2D eigenvalue weighted by Gasteiger charge is 2.13. The molecule has 0 radical (unpaired) electrons. The van der Waals surface area contributed by atoms with E-state index < -0.39 is 0 Å².